The molecule has 0 aromatic carbocycles. The molecule has 0 saturated heterocycles. The minimum atomic E-state index is -8.19. The van der Waals surface area contributed by atoms with Crippen molar-refractivity contribution in [3.63, 3.8) is 0 Å². The van der Waals surface area contributed by atoms with Gasteiger partial charge < -0.3 is 4.55 Å². The Morgan fingerprint density at radius 2 is 0.875 bits per heavy atom. The van der Waals surface area contributed by atoms with Crippen LogP contribution in [0.2, 0.25) is 0 Å². The Morgan fingerprint density at radius 1 is 0.625 bits per heavy atom. The Kier molecular flexibility index (Phi) is 3.85. The summed E-state index contributed by atoms with van der Waals surface area (Å²) in [6, 6.07) is 0. The van der Waals surface area contributed by atoms with Crippen LogP contribution in [-0.4, -0.2) is 53.5 Å². The lowest BCUT2D eigenvalue weighted by Gasteiger charge is -2.55. The van der Waals surface area contributed by atoms with Gasteiger partial charge in [-0.25, -0.2) is 17.2 Å². The predicted octanol–water partition coefficient (Wildman–Crippen LogP) is 3.02. The maximum absolute atomic E-state index is 13.5. The zero-order valence-corrected chi connectivity index (χ0v) is 10.9. The molecule has 1 aliphatic carbocycles. The fraction of sp³-hybridized carbons (Fsp3) is 1.00. The zero-order valence-electron chi connectivity index (χ0n) is 10.0. The van der Waals surface area contributed by atoms with Gasteiger partial charge in [-0.3, -0.25) is 0 Å². The minimum Gasteiger partial charge on any atom is -0.745 e. The molecule has 0 aliphatic heterocycles. The van der Waals surface area contributed by atoms with Crippen LogP contribution in [0.1, 0.15) is 0 Å². The largest absolute Gasteiger partial charge is 0.745 e. The average molecular weight is 411 g/mol. The number of halogens is 13. The van der Waals surface area contributed by atoms with Crippen molar-refractivity contribution in [3.05, 3.63) is 0 Å². The molecule has 0 atom stereocenters. The fourth-order valence-electron chi connectivity index (χ4n) is 1.90. The van der Waals surface area contributed by atoms with Crippen LogP contribution in [0.4, 0.5) is 57.1 Å². The molecule has 24 heavy (non-hydrogen) atoms. The van der Waals surface area contributed by atoms with Crippen LogP contribution in [0.15, 0.2) is 0 Å². The van der Waals surface area contributed by atoms with Crippen molar-refractivity contribution in [1.29, 1.82) is 0 Å². The van der Waals surface area contributed by atoms with Crippen molar-refractivity contribution >= 4 is 10.1 Å². The summed E-state index contributed by atoms with van der Waals surface area (Å²) >= 11 is 0. The Labute approximate surface area is 122 Å². The summed E-state index contributed by atoms with van der Waals surface area (Å²) in [5.41, 5.74) is -8.11. The molecule has 1 saturated carbocycles. The summed E-state index contributed by atoms with van der Waals surface area (Å²) in [7, 11) is -8.19. The maximum atomic E-state index is 13.5. The van der Waals surface area contributed by atoms with Gasteiger partial charge in [0.05, 0.1) is 0 Å². The SMILES string of the molecule is O=S(=O)([O-])C1(F)C(F)(F)C(F)(F)C(F)(C(F)(F)F)C(F)(F)C1(F)F. The number of alkyl halides is 13. The van der Waals surface area contributed by atoms with E-state index in [-0.39, 0.29) is 0 Å². The second-order valence-electron chi connectivity index (χ2n) is 4.50. The van der Waals surface area contributed by atoms with Gasteiger partial charge in [-0.15, -0.1) is 0 Å². The Bertz CT molecular complexity index is 619. The Hall–Kier alpha value is -1.00. The number of hydrogen-bond acceptors (Lipinski definition) is 3. The van der Waals surface area contributed by atoms with E-state index < -0.39 is 50.7 Å². The molecular formula is C7F13O3S-. The number of rotatable bonds is 1. The Morgan fingerprint density at radius 3 is 1.04 bits per heavy atom. The number of hydrogen-bond donors (Lipinski definition) is 0. The van der Waals surface area contributed by atoms with Gasteiger partial charge >= 0.3 is 40.5 Å². The molecule has 0 aromatic heterocycles. The molecule has 17 heteroatoms. The molecule has 0 N–H and O–H groups in total. The summed E-state index contributed by atoms with van der Waals surface area (Å²) in [6.45, 7) is 0. The first-order valence-corrected chi connectivity index (χ1v) is 6.32. The molecule has 0 unspecified atom stereocenters. The van der Waals surface area contributed by atoms with Gasteiger partial charge in [-0.05, 0) is 0 Å². The first-order chi connectivity index (χ1) is 10.0. The van der Waals surface area contributed by atoms with Gasteiger partial charge in [0.2, 0.25) is 0 Å². The quantitative estimate of drug-likeness (QED) is 0.493. The topological polar surface area (TPSA) is 57.2 Å². The molecule has 0 aromatic rings. The highest BCUT2D eigenvalue weighted by Crippen LogP contribution is 2.72. The van der Waals surface area contributed by atoms with Gasteiger partial charge in [-0.2, -0.15) is 48.3 Å². The highest BCUT2D eigenvalue weighted by Gasteiger charge is 3.06. The van der Waals surface area contributed by atoms with Crippen LogP contribution < -0.4 is 0 Å². The van der Waals surface area contributed by atoms with Crippen molar-refractivity contribution < 1.29 is 70.0 Å². The molecule has 0 amide bonds. The maximum Gasteiger partial charge on any atom is 0.435 e. The molecule has 0 bridgehead atoms. The lowest BCUT2D eigenvalue weighted by atomic mass is 9.72. The van der Waals surface area contributed by atoms with Crippen molar-refractivity contribution in [2.45, 2.75) is 40.5 Å². The summed E-state index contributed by atoms with van der Waals surface area (Å²) in [5.74, 6) is -32.3. The van der Waals surface area contributed by atoms with Gasteiger partial charge in [0.1, 0.15) is 10.1 Å². The van der Waals surface area contributed by atoms with Crippen LogP contribution in [0.25, 0.3) is 0 Å². The third-order valence-corrected chi connectivity index (χ3v) is 4.40. The van der Waals surface area contributed by atoms with Crippen molar-refractivity contribution in [2.24, 2.45) is 0 Å². The van der Waals surface area contributed by atoms with Gasteiger partial charge in [0.15, 0.2) is 0 Å². The summed E-state index contributed by atoms with van der Waals surface area (Å²) in [6.07, 6.45) is -7.86. The van der Waals surface area contributed by atoms with Gasteiger partial charge in [0, 0.05) is 0 Å². The standard InChI is InChI=1S/C7HF13O3S/c8-1(7(18,19)20)2(9,10)4(13,14)6(17,24(21,22)23)5(15,16)3(1,11)12/h(H,21,22,23)/p-1. The van der Waals surface area contributed by atoms with Crippen LogP contribution >= 0.6 is 0 Å². The fourth-order valence-corrected chi connectivity index (χ4v) is 2.79. The first-order valence-electron chi connectivity index (χ1n) is 4.91. The van der Waals surface area contributed by atoms with E-state index in [1.807, 2.05) is 0 Å². The third-order valence-electron chi connectivity index (χ3n) is 3.20. The van der Waals surface area contributed by atoms with Gasteiger partial charge in [0.25, 0.3) is 0 Å². The highest BCUT2D eigenvalue weighted by molar-refractivity contribution is 7.87. The lowest BCUT2D eigenvalue weighted by molar-refractivity contribution is -0.485. The summed E-state index contributed by atoms with van der Waals surface area (Å²) < 4.78 is 199. The van der Waals surface area contributed by atoms with Crippen LogP contribution in [-0.2, 0) is 10.1 Å². The Balaban J connectivity index is 4.18. The predicted molar refractivity (Wildman–Crippen MR) is 43.2 cm³/mol. The van der Waals surface area contributed by atoms with Crippen LogP contribution in [0, 0.1) is 0 Å². The molecule has 3 nitrogen and oxygen atoms in total. The molecular weight excluding hydrogens is 411 g/mol. The average Bonchev–Trinajstić information content (AvgIpc) is 2.31. The third kappa shape index (κ3) is 1.67. The van der Waals surface area contributed by atoms with E-state index >= 15 is 0 Å². The molecule has 0 heterocycles. The molecule has 1 fully saturated rings. The van der Waals surface area contributed by atoms with E-state index in [1.54, 1.807) is 0 Å². The van der Waals surface area contributed by atoms with Crippen molar-refractivity contribution in [2.75, 3.05) is 0 Å². The second kappa shape index (κ2) is 4.39. The monoisotopic (exact) mass is 411 g/mol. The molecule has 1 rings (SSSR count). The van der Waals surface area contributed by atoms with E-state index in [2.05, 4.69) is 0 Å². The molecule has 1 aliphatic rings. The molecule has 144 valence electrons. The van der Waals surface area contributed by atoms with E-state index in [0.29, 0.717) is 0 Å². The smallest absolute Gasteiger partial charge is 0.435 e. The second-order valence-corrected chi connectivity index (χ2v) is 5.97. The molecule has 0 radical (unpaired) electrons. The summed E-state index contributed by atoms with van der Waals surface area (Å²) in [4.78, 5) is 0. The van der Waals surface area contributed by atoms with Crippen LogP contribution in [0.5, 0.6) is 0 Å². The van der Waals surface area contributed by atoms with E-state index in [1.165, 1.54) is 0 Å². The lowest BCUT2D eigenvalue weighted by Crippen LogP contribution is -2.88. The van der Waals surface area contributed by atoms with Crippen molar-refractivity contribution in [1.82, 2.24) is 0 Å². The summed E-state index contributed by atoms with van der Waals surface area (Å²) in [5, 5.41) is -7.79. The minimum absolute atomic E-state index is 7.79. The van der Waals surface area contributed by atoms with Crippen LogP contribution in [0.3, 0.4) is 0 Å². The van der Waals surface area contributed by atoms with E-state index in [9.17, 15) is 70.0 Å². The zero-order chi connectivity index (χ0) is 20.0. The van der Waals surface area contributed by atoms with Gasteiger partial charge in [-0.1, -0.05) is 0 Å². The first kappa shape index (κ1) is 21.0. The van der Waals surface area contributed by atoms with E-state index in [4.69, 9.17) is 0 Å². The van der Waals surface area contributed by atoms with E-state index in [0.717, 1.165) is 0 Å². The van der Waals surface area contributed by atoms with Crippen molar-refractivity contribution in [3.8, 4) is 0 Å². The highest BCUT2D eigenvalue weighted by atomic mass is 32.2. The molecule has 0 spiro atoms. The normalized spacial score (nSPS) is 37.9.